The number of carbonyl (C=O) groups excluding carboxylic acids is 2. The topological polar surface area (TPSA) is 58.6 Å². The molecule has 1 aliphatic heterocycles. The number of hydrogen-bond donors (Lipinski definition) is 1. The first-order valence-electron chi connectivity index (χ1n) is 10.2. The van der Waals surface area contributed by atoms with E-state index in [0.29, 0.717) is 25.4 Å². The summed E-state index contributed by atoms with van der Waals surface area (Å²) in [6.07, 6.45) is 6.99. The molecule has 1 saturated carbocycles. The van der Waals surface area contributed by atoms with E-state index in [1.807, 2.05) is 6.07 Å². The van der Waals surface area contributed by atoms with Crippen molar-refractivity contribution in [2.24, 2.45) is 0 Å². The molecule has 148 valence electrons. The van der Waals surface area contributed by atoms with E-state index in [9.17, 15) is 9.59 Å². The summed E-state index contributed by atoms with van der Waals surface area (Å²) in [4.78, 5) is 26.4. The molecule has 0 atom stereocenters. The summed E-state index contributed by atoms with van der Waals surface area (Å²) in [6.45, 7) is 7.07. The van der Waals surface area contributed by atoms with Crippen LogP contribution in [0.3, 0.4) is 0 Å². The Morgan fingerprint density at radius 2 is 1.96 bits per heavy atom. The van der Waals surface area contributed by atoms with Gasteiger partial charge in [0.25, 0.3) is 5.91 Å². The Labute approximate surface area is 162 Å². The second-order valence-corrected chi connectivity index (χ2v) is 8.77. The second-order valence-electron chi connectivity index (χ2n) is 8.77. The van der Waals surface area contributed by atoms with Crippen LogP contribution in [-0.2, 0) is 15.0 Å². The van der Waals surface area contributed by atoms with Gasteiger partial charge >= 0.3 is 0 Å². The Balaban J connectivity index is 1.60. The minimum Gasteiger partial charge on any atom is -0.482 e. The number of benzene rings is 1. The summed E-state index contributed by atoms with van der Waals surface area (Å²) < 4.78 is 5.59. The fourth-order valence-electron chi connectivity index (χ4n) is 3.86. The molecule has 3 rings (SSSR count). The fraction of sp³-hybridized carbons (Fsp3) is 0.636. The molecule has 1 N–H and O–H groups in total. The quantitative estimate of drug-likeness (QED) is 0.852. The van der Waals surface area contributed by atoms with Crippen molar-refractivity contribution in [2.75, 3.05) is 18.1 Å². The Kier molecular flexibility index (Phi) is 6.08. The maximum Gasteiger partial charge on any atom is 0.265 e. The molecule has 2 amide bonds. The summed E-state index contributed by atoms with van der Waals surface area (Å²) in [5, 5.41) is 3.15. The van der Waals surface area contributed by atoms with Crippen LogP contribution >= 0.6 is 0 Å². The molecule has 0 spiro atoms. The maximum atomic E-state index is 12.4. The van der Waals surface area contributed by atoms with Crippen LogP contribution in [0.5, 0.6) is 5.75 Å². The Hall–Kier alpha value is -2.04. The number of ether oxygens (including phenoxy) is 1. The maximum absolute atomic E-state index is 12.4. The molecule has 0 bridgehead atoms. The molecular weight excluding hydrogens is 340 g/mol. The van der Waals surface area contributed by atoms with E-state index in [4.69, 9.17) is 4.74 Å². The molecule has 1 aromatic rings. The zero-order chi connectivity index (χ0) is 19.4. The van der Waals surface area contributed by atoms with Gasteiger partial charge in [-0.1, -0.05) is 46.1 Å². The zero-order valence-corrected chi connectivity index (χ0v) is 16.8. The summed E-state index contributed by atoms with van der Waals surface area (Å²) in [5.74, 6) is 0.807. The lowest BCUT2D eigenvalue weighted by Crippen LogP contribution is -2.40. The van der Waals surface area contributed by atoms with Gasteiger partial charge < -0.3 is 15.0 Å². The Bertz CT molecular complexity index is 687. The van der Waals surface area contributed by atoms with E-state index < -0.39 is 0 Å². The first-order chi connectivity index (χ1) is 12.8. The van der Waals surface area contributed by atoms with Gasteiger partial charge in [0.2, 0.25) is 5.91 Å². The SMILES string of the molecule is CC(C)(C)c1ccc2c(c1)N(CCCC(=O)NC1CCCCC1)C(=O)CO2. The molecule has 2 aliphatic rings. The van der Waals surface area contributed by atoms with Gasteiger partial charge in [0.1, 0.15) is 5.75 Å². The highest BCUT2D eigenvalue weighted by Gasteiger charge is 2.27. The fourth-order valence-corrected chi connectivity index (χ4v) is 3.86. The van der Waals surface area contributed by atoms with Gasteiger partial charge in [-0.05, 0) is 42.4 Å². The monoisotopic (exact) mass is 372 g/mol. The molecule has 27 heavy (non-hydrogen) atoms. The van der Waals surface area contributed by atoms with E-state index >= 15 is 0 Å². The van der Waals surface area contributed by atoms with Crippen molar-refractivity contribution in [3.8, 4) is 5.75 Å². The molecule has 5 heteroatoms. The van der Waals surface area contributed by atoms with Gasteiger partial charge in [0, 0.05) is 19.0 Å². The highest BCUT2D eigenvalue weighted by molar-refractivity contribution is 5.98. The van der Waals surface area contributed by atoms with Crippen LogP contribution in [0, 0.1) is 0 Å². The van der Waals surface area contributed by atoms with Crippen LogP contribution in [0.4, 0.5) is 5.69 Å². The number of anilines is 1. The number of nitrogens with zero attached hydrogens (tertiary/aromatic N) is 1. The van der Waals surface area contributed by atoms with Crippen molar-refractivity contribution in [1.82, 2.24) is 5.32 Å². The van der Waals surface area contributed by atoms with E-state index in [1.165, 1.54) is 24.8 Å². The molecule has 5 nitrogen and oxygen atoms in total. The Morgan fingerprint density at radius 1 is 1.22 bits per heavy atom. The van der Waals surface area contributed by atoms with Crippen LogP contribution < -0.4 is 15.0 Å². The lowest BCUT2D eigenvalue weighted by molar-refractivity contribution is -0.123. The molecule has 1 aliphatic carbocycles. The third kappa shape index (κ3) is 5.02. The van der Waals surface area contributed by atoms with Gasteiger partial charge in [0.05, 0.1) is 5.69 Å². The summed E-state index contributed by atoms with van der Waals surface area (Å²) in [6, 6.07) is 6.40. The normalized spacial score (nSPS) is 18.0. The first-order valence-corrected chi connectivity index (χ1v) is 10.2. The minimum absolute atomic E-state index is 0.00107. The number of nitrogens with one attached hydrogen (secondary N) is 1. The van der Waals surface area contributed by atoms with Crippen molar-refractivity contribution in [1.29, 1.82) is 0 Å². The van der Waals surface area contributed by atoms with Crippen molar-refractivity contribution in [2.45, 2.75) is 77.2 Å². The van der Waals surface area contributed by atoms with Crippen LogP contribution in [0.1, 0.15) is 71.3 Å². The van der Waals surface area contributed by atoms with Crippen molar-refractivity contribution in [3.63, 3.8) is 0 Å². The van der Waals surface area contributed by atoms with Crippen molar-refractivity contribution < 1.29 is 14.3 Å². The third-order valence-corrected chi connectivity index (χ3v) is 5.52. The highest BCUT2D eigenvalue weighted by Crippen LogP contribution is 2.36. The molecule has 1 heterocycles. The largest absolute Gasteiger partial charge is 0.482 e. The summed E-state index contributed by atoms with van der Waals surface area (Å²) in [7, 11) is 0. The Morgan fingerprint density at radius 3 is 2.67 bits per heavy atom. The lowest BCUT2D eigenvalue weighted by atomic mass is 9.86. The van der Waals surface area contributed by atoms with E-state index in [-0.39, 0.29) is 23.8 Å². The van der Waals surface area contributed by atoms with E-state index in [2.05, 4.69) is 38.2 Å². The van der Waals surface area contributed by atoms with Gasteiger partial charge in [-0.3, -0.25) is 9.59 Å². The highest BCUT2D eigenvalue weighted by atomic mass is 16.5. The number of hydrogen-bond acceptors (Lipinski definition) is 3. The number of fused-ring (bicyclic) bond motifs is 1. The smallest absolute Gasteiger partial charge is 0.265 e. The number of carbonyl (C=O) groups is 2. The lowest BCUT2D eigenvalue weighted by Gasteiger charge is -2.31. The molecule has 0 radical (unpaired) electrons. The second kappa shape index (κ2) is 8.32. The van der Waals surface area contributed by atoms with Gasteiger partial charge in [0.15, 0.2) is 6.61 Å². The predicted octanol–water partition coefficient (Wildman–Crippen LogP) is 3.94. The molecule has 0 aromatic heterocycles. The van der Waals surface area contributed by atoms with Gasteiger partial charge in [-0.15, -0.1) is 0 Å². The molecule has 1 fully saturated rings. The first kappa shape index (κ1) is 19.7. The van der Waals surface area contributed by atoms with E-state index in [1.54, 1.807) is 4.90 Å². The van der Waals surface area contributed by atoms with E-state index in [0.717, 1.165) is 24.3 Å². The van der Waals surface area contributed by atoms with Crippen LogP contribution in [0.2, 0.25) is 0 Å². The average Bonchev–Trinajstić information content (AvgIpc) is 2.63. The van der Waals surface area contributed by atoms with Crippen LogP contribution in [0.15, 0.2) is 18.2 Å². The standard InChI is InChI=1S/C22H32N2O3/c1-22(2,3)16-11-12-19-18(14-16)24(21(26)15-27-19)13-7-10-20(25)23-17-8-5-4-6-9-17/h11-12,14,17H,4-10,13,15H2,1-3H3,(H,23,25). The zero-order valence-electron chi connectivity index (χ0n) is 16.8. The van der Waals surface area contributed by atoms with Crippen LogP contribution in [0.25, 0.3) is 0 Å². The summed E-state index contributed by atoms with van der Waals surface area (Å²) in [5.41, 5.74) is 1.99. The average molecular weight is 373 g/mol. The van der Waals surface area contributed by atoms with Gasteiger partial charge in [-0.2, -0.15) is 0 Å². The third-order valence-electron chi connectivity index (χ3n) is 5.52. The van der Waals surface area contributed by atoms with Crippen LogP contribution in [-0.4, -0.2) is 31.0 Å². The molecular formula is C22H32N2O3. The number of amides is 2. The molecule has 0 unspecified atom stereocenters. The summed E-state index contributed by atoms with van der Waals surface area (Å²) >= 11 is 0. The number of rotatable bonds is 5. The van der Waals surface area contributed by atoms with Gasteiger partial charge in [-0.25, -0.2) is 0 Å². The predicted molar refractivity (Wildman–Crippen MR) is 107 cm³/mol. The molecule has 1 aromatic carbocycles. The minimum atomic E-state index is -0.0405. The molecule has 0 saturated heterocycles. The van der Waals surface area contributed by atoms with Crippen molar-refractivity contribution >= 4 is 17.5 Å². The van der Waals surface area contributed by atoms with Crippen molar-refractivity contribution in [3.05, 3.63) is 23.8 Å².